The molecule has 0 heterocycles. The van der Waals surface area contributed by atoms with Gasteiger partial charge in [-0.05, 0) is 27.2 Å². The monoisotopic (exact) mass is 212 g/mol. The van der Waals surface area contributed by atoms with Crippen LogP contribution in [0, 0.1) is 12.3 Å². The highest BCUT2D eigenvalue weighted by Gasteiger charge is 2.22. The van der Waals surface area contributed by atoms with E-state index in [2.05, 4.69) is 16.6 Å². The summed E-state index contributed by atoms with van der Waals surface area (Å²) in [6.45, 7) is 5.98. The Morgan fingerprint density at radius 2 is 2.20 bits per heavy atom. The molecule has 15 heavy (non-hydrogen) atoms. The molecule has 0 rings (SSSR count). The number of rotatable bonds is 6. The molecular formula is C11H20N2O2. The molecule has 4 heteroatoms. The summed E-state index contributed by atoms with van der Waals surface area (Å²) < 4.78 is 0. The van der Waals surface area contributed by atoms with Gasteiger partial charge in [-0.2, -0.15) is 0 Å². The molecule has 1 unspecified atom stereocenters. The first kappa shape index (κ1) is 13.9. The Hall–Kier alpha value is -1.05. The van der Waals surface area contributed by atoms with Crippen molar-refractivity contribution in [1.29, 1.82) is 0 Å². The fourth-order valence-electron chi connectivity index (χ4n) is 1.29. The molecule has 0 saturated heterocycles. The topological polar surface area (TPSA) is 61.4 Å². The van der Waals surface area contributed by atoms with Gasteiger partial charge < -0.3 is 15.7 Å². The van der Waals surface area contributed by atoms with Crippen LogP contribution in [0.25, 0.3) is 0 Å². The van der Waals surface area contributed by atoms with Gasteiger partial charge in [0, 0.05) is 12.1 Å². The van der Waals surface area contributed by atoms with Crippen LogP contribution < -0.4 is 10.6 Å². The van der Waals surface area contributed by atoms with Crippen LogP contribution in [0.15, 0.2) is 0 Å². The number of aliphatic hydroxyl groups excluding tert-OH is 1. The molecule has 0 aromatic rings. The molecule has 0 bridgehead atoms. The number of amides is 1. The van der Waals surface area contributed by atoms with Crippen LogP contribution in [-0.4, -0.2) is 35.7 Å². The zero-order chi connectivity index (χ0) is 11.9. The van der Waals surface area contributed by atoms with E-state index in [9.17, 15) is 4.79 Å². The molecule has 0 fully saturated rings. The molecule has 0 radical (unpaired) electrons. The minimum atomic E-state index is -0.320. The maximum atomic E-state index is 11.5. The lowest BCUT2D eigenvalue weighted by atomic mass is 10.00. The van der Waals surface area contributed by atoms with E-state index in [0.717, 1.165) is 0 Å². The van der Waals surface area contributed by atoms with Crippen molar-refractivity contribution in [3.05, 3.63) is 0 Å². The van der Waals surface area contributed by atoms with Gasteiger partial charge in [0.2, 0.25) is 5.91 Å². The highest BCUT2D eigenvalue weighted by atomic mass is 16.3. The Balaban J connectivity index is 4.06. The zero-order valence-corrected chi connectivity index (χ0v) is 9.63. The second-order valence-electron chi connectivity index (χ2n) is 4.15. The first-order valence-electron chi connectivity index (χ1n) is 5.02. The summed E-state index contributed by atoms with van der Waals surface area (Å²) in [5, 5.41) is 14.5. The van der Waals surface area contributed by atoms with Crippen LogP contribution in [-0.2, 0) is 4.79 Å². The molecule has 0 aromatic heterocycles. The quantitative estimate of drug-likeness (QED) is 0.538. The second kappa shape index (κ2) is 6.44. The predicted octanol–water partition coefficient (Wildman–Crippen LogP) is -0.125. The van der Waals surface area contributed by atoms with Crippen molar-refractivity contribution >= 4 is 5.91 Å². The van der Waals surface area contributed by atoms with Crippen molar-refractivity contribution in [2.45, 2.75) is 38.8 Å². The van der Waals surface area contributed by atoms with E-state index in [1.165, 1.54) is 0 Å². The Kier molecular flexibility index (Phi) is 5.99. The van der Waals surface area contributed by atoms with Gasteiger partial charge in [0.25, 0.3) is 0 Å². The van der Waals surface area contributed by atoms with E-state index in [4.69, 9.17) is 11.5 Å². The summed E-state index contributed by atoms with van der Waals surface area (Å²) in [7, 11) is 0. The van der Waals surface area contributed by atoms with Crippen molar-refractivity contribution < 1.29 is 9.90 Å². The van der Waals surface area contributed by atoms with Gasteiger partial charge in [-0.3, -0.25) is 4.79 Å². The largest absolute Gasteiger partial charge is 0.396 e. The van der Waals surface area contributed by atoms with Gasteiger partial charge in [-0.1, -0.05) is 5.92 Å². The van der Waals surface area contributed by atoms with Crippen molar-refractivity contribution in [3.63, 3.8) is 0 Å². The van der Waals surface area contributed by atoms with E-state index < -0.39 is 0 Å². The van der Waals surface area contributed by atoms with Gasteiger partial charge in [0.15, 0.2) is 0 Å². The minimum absolute atomic E-state index is 0.0959. The SMILES string of the molecule is C#CCNC(=O)C(C)NC(C)(C)CCO. The average Bonchev–Trinajstić information content (AvgIpc) is 2.13. The second-order valence-corrected chi connectivity index (χ2v) is 4.15. The van der Waals surface area contributed by atoms with Gasteiger partial charge in [0.1, 0.15) is 0 Å². The third kappa shape index (κ3) is 6.10. The van der Waals surface area contributed by atoms with Crippen LogP contribution in [0.2, 0.25) is 0 Å². The number of hydrogen-bond acceptors (Lipinski definition) is 3. The zero-order valence-electron chi connectivity index (χ0n) is 9.63. The van der Waals surface area contributed by atoms with Gasteiger partial charge in [-0.25, -0.2) is 0 Å². The highest BCUT2D eigenvalue weighted by molar-refractivity contribution is 5.81. The molecule has 0 aliphatic rings. The van der Waals surface area contributed by atoms with E-state index in [1.54, 1.807) is 6.92 Å². The molecule has 0 aliphatic carbocycles. The molecule has 3 N–H and O–H groups in total. The smallest absolute Gasteiger partial charge is 0.237 e. The predicted molar refractivity (Wildman–Crippen MR) is 60.2 cm³/mol. The fourth-order valence-corrected chi connectivity index (χ4v) is 1.29. The number of aliphatic hydroxyl groups is 1. The lowest BCUT2D eigenvalue weighted by Gasteiger charge is -2.29. The van der Waals surface area contributed by atoms with Crippen LogP contribution in [0.1, 0.15) is 27.2 Å². The Bertz CT molecular complexity index is 243. The summed E-state index contributed by atoms with van der Waals surface area (Å²) in [5.41, 5.74) is -0.262. The average molecular weight is 212 g/mol. The Morgan fingerprint density at radius 1 is 1.60 bits per heavy atom. The number of carbonyl (C=O) groups is 1. The number of terminal acetylenes is 1. The maximum Gasteiger partial charge on any atom is 0.237 e. The molecule has 4 nitrogen and oxygen atoms in total. The molecule has 0 saturated carbocycles. The molecule has 1 atom stereocenters. The Labute approximate surface area is 91.4 Å². The first-order chi connectivity index (χ1) is 6.93. The van der Waals surface area contributed by atoms with E-state index in [0.29, 0.717) is 6.42 Å². The van der Waals surface area contributed by atoms with Crippen molar-refractivity contribution in [3.8, 4) is 12.3 Å². The van der Waals surface area contributed by atoms with Crippen LogP contribution in [0.5, 0.6) is 0 Å². The Morgan fingerprint density at radius 3 is 2.67 bits per heavy atom. The molecule has 0 spiro atoms. The number of carbonyl (C=O) groups excluding carboxylic acids is 1. The number of hydrogen-bond donors (Lipinski definition) is 3. The molecule has 86 valence electrons. The number of nitrogens with one attached hydrogen (secondary N) is 2. The third-order valence-corrected chi connectivity index (χ3v) is 2.10. The van der Waals surface area contributed by atoms with Crippen molar-refractivity contribution in [2.75, 3.05) is 13.2 Å². The van der Waals surface area contributed by atoms with Gasteiger partial charge >= 0.3 is 0 Å². The molecule has 0 aromatic carbocycles. The first-order valence-corrected chi connectivity index (χ1v) is 5.02. The lowest BCUT2D eigenvalue weighted by molar-refractivity contribution is -0.123. The molecule has 1 amide bonds. The third-order valence-electron chi connectivity index (χ3n) is 2.10. The van der Waals surface area contributed by atoms with Gasteiger partial charge in [0.05, 0.1) is 12.6 Å². The summed E-state index contributed by atoms with van der Waals surface area (Å²) in [6.07, 6.45) is 5.63. The normalized spacial score (nSPS) is 13.0. The summed E-state index contributed by atoms with van der Waals surface area (Å²) in [6, 6.07) is -0.320. The van der Waals surface area contributed by atoms with E-state index >= 15 is 0 Å². The molecule has 0 aliphatic heterocycles. The summed E-state index contributed by atoms with van der Waals surface area (Å²) in [5.74, 6) is 2.22. The van der Waals surface area contributed by atoms with E-state index in [1.807, 2.05) is 13.8 Å². The highest BCUT2D eigenvalue weighted by Crippen LogP contribution is 2.08. The fraction of sp³-hybridized carbons (Fsp3) is 0.727. The van der Waals surface area contributed by atoms with Gasteiger partial charge in [-0.15, -0.1) is 6.42 Å². The molecular weight excluding hydrogens is 192 g/mol. The van der Waals surface area contributed by atoms with Crippen molar-refractivity contribution in [2.24, 2.45) is 0 Å². The standard InChI is InChI=1S/C11H20N2O2/c1-5-7-12-10(15)9(2)13-11(3,4)6-8-14/h1,9,13-14H,6-8H2,2-4H3,(H,12,15). The maximum absolute atomic E-state index is 11.5. The van der Waals surface area contributed by atoms with Crippen LogP contribution >= 0.6 is 0 Å². The minimum Gasteiger partial charge on any atom is -0.396 e. The lowest BCUT2D eigenvalue weighted by Crippen LogP contribution is -2.51. The summed E-state index contributed by atoms with van der Waals surface area (Å²) in [4.78, 5) is 11.5. The summed E-state index contributed by atoms with van der Waals surface area (Å²) >= 11 is 0. The van der Waals surface area contributed by atoms with E-state index in [-0.39, 0.29) is 30.6 Å². The van der Waals surface area contributed by atoms with Crippen LogP contribution in [0.4, 0.5) is 0 Å². The van der Waals surface area contributed by atoms with Crippen LogP contribution in [0.3, 0.4) is 0 Å². The van der Waals surface area contributed by atoms with Crippen molar-refractivity contribution in [1.82, 2.24) is 10.6 Å².